The molecule has 0 saturated carbocycles. The van der Waals surface area contributed by atoms with Gasteiger partial charge in [-0.05, 0) is 34.1 Å². The molecule has 1 aromatic heterocycles. The first-order valence-electron chi connectivity index (χ1n) is 4.66. The Balaban J connectivity index is 2.46. The van der Waals surface area contributed by atoms with Crippen molar-refractivity contribution in [2.75, 3.05) is 0 Å². The molecular formula is C10H7BrClN3O2. The van der Waals surface area contributed by atoms with Crippen LogP contribution in [0.4, 0.5) is 5.69 Å². The maximum Gasteiger partial charge on any atom is 0.285 e. The van der Waals surface area contributed by atoms with Crippen LogP contribution in [0.5, 0.6) is 0 Å². The van der Waals surface area contributed by atoms with Gasteiger partial charge in [-0.15, -0.1) is 11.6 Å². The number of hydrogen-bond donors (Lipinski definition) is 0. The van der Waals surface area contributed by atoms with Crippen molar-refractivity contribution in [2.45, 2.75) is 5.88 Å². The number of hydrogen-bond acceptors (Lipinski definition) is 3. The predicted molar refractivity (Wildman–Crippen MR) is 67.5 cm³/mol. The quantitative estimate of drug-likeness (QED) is 0.496. The Hall–Kier alpha value is -1.40. The van der Waals surface area contributed by atoms with E-state index >= 15 is 0 Å². The van der Waals surface area contributed by atoms with E-state index in [1.165, 1.54) is 6.07 Å². The first-order valence-corrected chi connectivity index (χ1v) is 5.99. The molecule has 0 amide bonds. The van der Waals surface area contributed by atoms with Crippen molar-refractivity contribution in [1.82, 2.24) is 9.78 Å². The van der Waals surface area contributed by atoms with E-state index in [0.717, 1.165) is 5.69 Å². The summed E-state index contributed by atoms with van der Waals surface area (Å²) in [5, 5.41) is 15.0. The zero-order chi connectivity index (χ0) is 12.4. The van der Waals surface area contributed by atoms with Crippen LogP contribution in [0, 0.1) is 10.1 Å². The number of alkyl halides is 1. The number of nitro benzene ring substituents is 1. The third kappa shape index (κ3) is 2.48. The van der Waals surface area contributed by atoms with E-state index in [-0.39, 0.29) is 5.69 Å². The summed E-state index contributed by atoms with van der Waals surface area (Å²) in [5.74, 6) is 0.311. The third-order valence-electron chi connectivity index (χ3n) is 2.17. The first-order chi connectivity index (χ1) is 8.11. The van der Waals surface area contributed by atoms with Crippen molar-refractivity contribution in [3.05, 3.63) is 50.7 Å². The first kappa shape index (κ1) is 12.1. The lowest BCUT2D eigenvalue weighted by Gasteiger charge is -2.02. The second-order valence-electron chi connectivity index (χ2n) is 3.28. The van der Waals surface area contributed by atoms with Gasteiger partial charge in [-0.1, -0.05) is 0 Å². The Bertz CT molecular complexity index is 570. The fourth-order valence-corrected chi connectivity index (χ4v) is 1.89. The van der Waals surface area contributed by atoms with Gasteiger partial charge in [0.25, 0.3) is 5.69 Å². The highest BCUT2D eigenvalue weighted by atomic mass is 79.9. The minimum Gasteiger partial charge on any atom is -0.258 e. The second-order valence-corrected chi connectivity index (χ2v) is 4.40. The Morgan fingerprint density at radius 1 is 1.47 bits per heavy atom. The molecule has 2 aromatic rings. The fraction of sp³-hybridized carbons (Fsp3) is 0.100. The van der Waals surface area contributed by atoms with Gasteiger partial charge in [-0.25, -0.2) is 4.68 Å². The molecule has 7 heteroatoms. The summed E-state index contributed by atoms with van der Waals surface area (Å²) < 4.78 is 1.99. The Morgan fingerprint density at radius 2 is 2.24 bits per heavy atom. The number of rotatable bonds is 3. The van der Waals surface area contributed by atoms with Crippen LogP contribution in [0.15, 0.2) is 34.9 Å². The van der Waals surface area contributed by atoms with Crippen molar-refractivity contribution < 1.29 is 4.92 Å². The lowest BCUT2D eigenvalue weighted by molar-refractivity contribution is -0.385. The molecule has 1 aromatic carbocycles. The van der Waals surface area contributed by atoms with Crippen molar-refractivity contribution in [1.29, 1.82) is 0 Å². The number of benzene rings is 1. The summed E-state index contributed by atoms with van der Waals surface area (Å²) in [6.07, 6.45) is 1.71. The van der Waals surface area contributed by atoms with Crippen LogP contribution in [0.1, 0.15) is 5.69 Å². The number of aromatic nitrogens is 2. The molecule has 0 unspecified atom stereocenters. The fourth-order valence-electron chi connectivity index (χ4n) is 1.36. The molecule has 17 heavy (non-hydrogen) atoms. The highest BCUT2D eigenvalue weighted by Crippen LogP contribution is 2.27. The van der Waals surface area contributed by atoms with Crippen LogP contribution in [0.2, 0.25) is 0 Å². The molecule has 0 bridgehead atoms. The van der Waals surface area contributed by atoms with E-state index in [1.807, 2.05) is 0 Å². The highest BCUT2D eigenvalue weighted by Gasteiger charge is 2.13. The molecule has 5 nitrogen and oxygen atoms in total. The lowest BCUT2D eigenvalue weighted by Crippen LogP contribution is -1.98. The molecule has 0 fully saturated rings. The van der Waals surface area contributed by atoms with Gasteiger partial charge in [-0.2, -0.15) is 5.10 Å². The number of nitrogens with zero attached hydrogens (tertiary/aromatic N) is 3. The third-order valence-corrected chi connectivity index (χ3v) is 3.12. The SMILES string of the molecule is O=[N+]([O-])c1cc(-n2ccc(CCl)n2)ccc1Br. The molecule has 88 valence electrons. The van der Waals surface area contributed by atoms with Crippen molar-refractivity contribution in [2.24, 2.45) is 0 Å². The standard InChI is InChI=1S/C10H7BrClN3O2/c11-9-2-1-8(5-10(9)15(16)17)14-4-3-7(6-12)13-14/h1-5H,6H2. The minimum absolute atomic E-state index is 0.00502. The average molecular weight is 317 g/mol. The summed E-state index contributed by atoms with van der Waals surface area (Å²) in [6, 6.07) is 6.58. The van der Waals surface area contributed by atoms with Crippen LogP contribution >= 0.6 is 27.5 Å². The maximum absolute atomic E-state index is 10.8. The van der Waals surface area contributed by atoms with E-state index < -0.39 is 4.92 Å². The van der Waals surface area contributed by atoms with Crippen LogP contribution in [0.25, 0.3) is 5.69 Å². The van der Waals surface area contributed by atoms with Crippen molar-refractivity contribution in [3.63, 3.8) is 0 Å². The number of halogens is 2. The van der Waals surface area contributed by atoms with Gasteiger partial charge in [0, 0.05) is 12.3 Å². The Morgan fingerprint density at radius 3 is 2.82 bits per heavy atom. The number of nitro groups is 1. The zero-order valence-corrected chi connectivity index (χ0v) is 10.8. The molecular weight excluding hydrogens is 309 g/mol. The molecule has 0 aliphatic carbocycles. The average Bonchev–Trinajstić information content (AvgIpc) is 2.78. The normalized spacial score (nSPS) is 10.5. The van der Waals surface area contributed by atoms with Crippen molar-refractivity contribution >= 4 is 33.2 Å². The topological polar surface area (TPSA) is 61.0 Å². The van der Waals surface area contributed by atoms with Crippen molar-refractivity contribution in [3.8, 4) is 5.69 Å². The zero-order valence-electron chi connectivity index (χ0n) is 8.51. The molecule has 0 saturated heterocycles. The molecule has 2 rings (SSSR count). The summed E-state index contributed by atoms with van der Waals surface area (Å²) >= 11 is 8.77. The van der Waals surface area contributed by atoms with E-state index in [9.17, 15) is 10.1 Å². The smallest absolute Gasteiger partial charge is 0.258 e. The van der Waals surface area contributed by atoms with E-state index in [0.29, 0.717) is 16.0 Å². The molecule has 0 radical (unpaired) electrons. The van der Waals surface area contributed by atoms with E-state index in [4.69, 9.17) is 11.6 Å². The Kier molecular flexibility index (Phi) is 3.44. The van der Waals surface area contributed by atoms with Crippen LogP contribution < -0.4 is 0 Å². The van der Waals surface area contributed by atoms with E-state index in [2.05, 4.69) is 21.0 Å². The monoisotopic (exact) mass is 315 g/mol. The molecule has 1 heterocycles. The minimum atomic E-state index is -0.445. The van der Waals surface area contributed by atoms with Gasteiger partial charge >= 0.3 is 0 Å². The summed E-state index contributed by atoms with van der Waals surface area (Å²) in [4.78, 5) is 10.3. The van der Waals surface area contributed by atoms with Gasteiger partial charge < -0.3 is 0 Å². The summed E-state index contributed by atoms with van der Waals surface area (Å²) in [6.45, 7) is 0. The molecule has 0 aliphatic rings. The van der Waals surface area contributed by atoms with Gasteiger partial charge in [0.1, 0.15) is 0 Å². The predicted octanol–water partition coefficient (Wildman–Crippen LogP) is 3.28. The largest absolute Gasteiger partial charge is 0.285 e. The van der Waals surface area contributed by atoms with Gasteiger partial charge in [0.05, 0.1) is 26.7 Å². The molecule has 0 spiro atoms. The van der Waals surface area contributed by atoms with Gasteiger partial charge in [0.15, 0.2) is 0 Å². The van der Waals surface area contributed by atoms with Crippen LogP contribution in [0.3, 0.4) is 0 Å². The maximum atomic E-state index is 10.8. The van der Waals surface area contributed by atoms with Gasteiger partial charge in [0.2, 0.25) is 0 Å². The molecule has 0 atom stereocenters. The highest BCUT2D eigenvalue weighted by molar-refractivity contribution is 9.10. The summed E-state index contributed by atoms with van der Waals surface area (Å²) in [5.41, 5.74) is 1.35. The molecule has 0 N–H and O–H groups in total. The molecule has 0 aliphatic heterocycles. The Labute approximate surface area is 110 Å². The lowest BCUT2D eigenvalue weighted by atomic mass is 10.3. The van der Waals surface area contributed by atoms with Crippen LogP contribution in [-0.2, 0) is 5.88 Å². The summed E-state index contributed by atoms with van der Waals surface area (Å²) in [7, 11) is 0. The van der Waals surface area contributed by atoms with E-state index in [1.54, 1.807) is 29.1 Å². The second kappa shape index (κ2) is 4.85. The van der Waals surface area contributed by atoms with Crippen LogP contribution in [-0.4, -0.2) is 14.7 Å². The van der Waals surface area contributed by atoms with Gasteiger partial charge in [-0.3, -0.25) is 10.1 Å².